The second-order valence-electron chi connectivity index (χ2n) is 4.15. The number of benzene rings is 1. The summed E-state index contributed by atoms with van der Waals surface area (Å²) in [6, 6.07) is 4.73. The molecule has 0 bridgehead atoms. The molecule has 0 heterocycles. The number of carbonyl (C=O) groups is 2. The van der Waals surface area contributed by atoms with E-state index in [-0.39, 0.29) is 25.0 Å². The molecular weight excluding hydrogens is 292 g/mol. The lowest BCUT2D eigenvalue weighted by atomic mass is 10.1. The maximum absolute atomic E-state index is 12.3. The highest BCUT2D eigenvalue weighted by atomic mass is 35.5. The zero-order valence-corrected chi connectivity index (χ0v) is 12.7. The van der Waals surface area contributed by atoms with Crippen molar-refractivity contribution in [3.63, 3.8) is 0 Å². The van der Waals surface area contributed by atoms with Gasteiger partial charge in [0.1, 0.15) is 6.61 Å². The van der Waals surface area contributed by atoms with Crippen LogP contribution in [0.3, 0.4) is 0 Å². The summed E-state index contributed by atoms with van der Waals surface area (Å²) < 4.78 is 0. The lowest BCUT2D eigenvalue weighted by Gasteiger charge is -2.20. The van der Waals surface area contributed by atoms with Crippen LogP contribution in [0, 0.1) is 11.8 Å². The molecule has 0 atom stereocenters. The van der Waals surface area contributed by atoms with Crippen LogP contribution in [-0.4, -0.2) is 48.6 Å². The topological polar surface area (TPSA) is 69.6 Å². The summed E-state index contributed by atoms with van der Waals surface area (Å²) >= 11 is 6.06. The van der Waals surface area contributed by atoms with Crippen molar-refractivity contribution in [1.82, 2.24) is 10.2 Å². The van der Waals surface area contributed by atoms with Crippen molar-refractivity contribution in [2.45, 2.75) is 6.92 Å². The molecule has 2 amide bonds. The first kappa shape index (κ1) is 17.0. The Kier molecular flexibility index (Phi) is 6.73. The Labute approximate surface area is 128 Å². The predicted molar refractivity (Wildman–Crippen MR) is 81.1 cm³/mol. The second kappa shape index (κ2) is 8.30. The highest BCUT2D eigenvalue weighted by molar-refractivity contribution is 6.32. The first-order valence-electron chi connectivity index (χ1n) is 6.42. The number of aliphatic hydroxyl groups excluding tert-OH is 1. The van der Waals surface area contributed by atoms with E-state index in [2.05, 4.69) is 17.2 Å². The monoisotopic (exact) mass is 308 g/mol. The number of carbonyl (C=O) groups excluding carboxylic acids is 2. The first-order valence-corrected chi connectivity index (χ1v) is 6.80. The van der Waals surface area contributed by atoms with Crippen molar-refractivity contribution in [1.29, 1.82) is 0 Å². The van der Waals surface area contributed by atoms with E-state index in [0.717, 1.165) is 0 Å². The van der Waals surface area contributed by atoms with Crippen LogP contribution < -0.4 is 5.32 Å². The molecule has 0 radical (unpaired) electrons. The van der Waals surface area contributed by atoms with E-state index < -0.39 is 0 Å². The minimum Gasteiger partial charge on any atom is -0.384 e. The molecule has 0 spiro atoms. The zero-order valence-electron chi connectivity index (χ0n) is 11.9. The summed E-state index contributed by atoms with van der Waals surface area (Å²) in [5, 5.41) is 11.5. The van der Waals surface area contributed by atoms with Crippen LogP contribution in [0.2, 0.25) is 5.02 Å². The van der Waals surface area contributed by atoms with Crippen LogP contribution in [0.4, 0.5) is 0 Å². The number of hydrogen-bond donors (Lipinski definition) is 2. The van der Waals surface area contributed by atoms with Crippen molar-refractivity contribution in [2.75, 3.05) is 26.7 Å². The Hall–Kier alpha value is -2.03. The number of nitrogens with zero attached hydrogens (tertiary/aromatic N) is 1. The molecule has 1 rings (SSSR count). The molecule has 1 aromatic carbocycles. The van der Waals surface area contributed by atoms with Gasteiger partial charge in [0, 0.05) is 24.7 Å². The van der Waals surface area contributed by atoms with Gasteiger partial charge in [-0.2, -0.15) is 0 Å². The third kappa shape index (κ3) is 4.78. The van der Waals surface area contributed by atoms with Crippen LogP contribution in [0.25, 0.3) is 0 Å². The van der Waals surface area contributed by atoms with Crippen molar-refractivity contribution in [3.05, 3.63) is 34.3 Å². The van der Waals surface area contributed by atoms with Gasteiger partial charge in [0.2, 0.25) is 5.91 Å². The van der Waals surface area contributed by atoms with Crippen molar-refractivity contribution in [3.8, 4) is 11.8 Å². The Morgan fingerprint density at radius 3 is 2.67 bits per heavy atom. The van der Waals surface area contributed by atoms with E-state index in [4.69, 9.17) is 16.7 Å². The van der Waals surface area contributed by atoms with Gasteiger partial charge in [0.25, 0.3) is 5.91 Å². The summed E-state index contributed by atoms with van der Waals surface area (Å²) in [7, 11) is 1.52. The molecule has 0 aliphatic rings. The van der Waals surface area contributed by atoms with Gasteiger partial charge >= 0.3 is 0 Å². The van der Waals surface area contributed by atoms with Crippen LogP contribution >= 0.6 is 11.6 Å². The maximum atomic E-state index is 12.3. The molecule has 0 saturated heterocycles. The molecular formula is C15H17ClN2O3. The van der Waals surface area contributed by atoms with Gasteiger partial charge in [-0.3, -0.25) is 9.59 Å². The van der Waals surface area contributed by atoms with Crippen molar-refractivity contribution < 1.29 is 14.7 Å². The second-order valence-corrected chi connectivity index (χ2v) is 4.55. The van der Waals surface area contributed by atoms with Gasteiger partial charge in [0.15, 0.2) is 0 Å². The Morgan fingerprint density at radius 2 is 2.14 bits per heavy atom. The summed E-state index contributed by atoms with van der Waals surface area (Å²) in [4.78, 5) is 25.1. The average molecular weight is 309 g/mol. The lowest BCUT2D eigenvalue weighted by Crippen LogP contribution is -2.39. The molecule has 21 heavy (non-hydrogen) atoms. The van der Waals surface area contributed by atoms with Gasteiger partial charge in [0.05, 0.1) is 11.6 Å². The third-order valence-corrected chi connectivity index (χ3v) is 3.11. The molecule has 0 saturated carbocycles. The number of rotatable bonds is 4. The molecule has 2 N–H and O–H groups in total. The van der Waals surface area contributed by atoms with E-state index in [1.807, 2.05) is 0 Å². The average Bonchev–Trinajstić information content (AvgIpc) is 2.50. The number of likely N-dealkylation sites (N-methyl/N-ethyl adjacent to an activating group) is 2. The molecule has 0 aliphatic carbocycles. The van der Waals surface area contributed by atoms with Gasteiger partial charge < -0.3 is 15.3 Å². The Balaban J connectivity index is 2.96. The zero-order chi connectivity index (χ0) is 15.8. The summed E-state index contributed by atoms with van der Waals surface area (Å²) in [6.07, 6.45) is 0. The lowest BCUT2D eigenvalue weighted by molar-refractivity contribution is -0.121. The smallest absolute Gasteiger partial charge is 0.254 e. The van der Waals surface area contributed by atoms with E-state index in [1.165, 1.54) is 18.0 Å². The van der Waals surface area contributed by atoms with Crippen molar-refractivity contribution >= 4 is 23.4 Å². The fraction of sp³-hybridized carbons (Fsp3) is 0.333. The van der Waals surface area contributed by atoms with Crippen LogP contribution in [-0.2, 0) is 4.79 Å². The normalized spacial score (nSPS) is 9.52. The van der Waals surface area contributed by atoms with E-state index >= 15 is 0 Å². The fourth-order valence-electron chi connectivity index (χ4n) is 1.65. The number of aliphatic hydroxyl groups is 1. The van der Waals surface area contributed by atoms with Crippen LogP contribution in [0.5, 0.6) is 0 Å². The molecule has 6 heteroatoms. The molecule has 1 aromatic rings. The number of halogens is 1. The van der Waals surface area contributed by atoms with Gasteiger partial charge in [-0.1, -0.05) is 23.4 Å². The standard InChI is InChI=1S/C15H17ClN2O3/c1-3-18(10-14(20)17-2)15(21)12-7-6-11(5-4-8-19)13(16)9-12/h6-7,9,19H,3,8,10H2,1-2H3,(H,17,20). The third-order valence-electron chi connectivity index (χ3n) is 2.80. The number of amides is 2. The maximum Gasteiger partial charge on any atom is 0.254 e. The van der Waals surface area contributed by atoms with Crippen LogP contribution in [0.1, 0.15) is 22.8 Å². The van der Waals surface area contributed by atoms with E-state index in [9.17, 15) is 9.59 Å². The van der Waals surface area contributed by atoms with E-state index in [1.54, 1.807) is 19.1 Å². The summed E-state index contributed by atoms with van der Waals surface area (Å²) in [5.74, 6) is 4.68. The quantitative estimate of drug-likeness (QED) is 0.812. The van der Waals surface area contributed by atoms with Crippen LogP contribution in [0.15, 0.2) is 18.2 Å². The fourth-order valence-corrected chi connectivity index (χ4v) is 1.87. The first-order chi connectivity index (χ1) is 10.0. The Bertz CT molecular complexity index is 590. The molecule has 0 aromatic heterocycles. The van der Waals surface area contributed by atoms with Gasteiger partial charge in [-0.05, 0) is 25.1 Å². The number of nitrogens with one attached hydrogen (secondary N) is 1. The Morgan fingerprint density at radius 1 is 1.43 bits per heavy atom. The predicted octanol–water partition coefficient (Wildman–Crippen LogP) is 0.892. The highest BCUT2D eigenvalue weighted by Gasteiger charge is 2.17. The largest absolute Gasteiger partial charge is 0.384 e. The van der Waals surface area contributed by atoms with E-state index in [0.29, 0.717) is 22.7 Å². The minimum absolute atomic E-state index is 0.00444. The molecule has 5 nitrogen and oxygen atoms in total. The minimum atomic E-state index is -0.273. The van der Waals surface area contributed by atoms with Gasteiger partial charge in [-0.25, -0.2) is 0 Å². The molecule has 0 aliphatic heterocycles. The SMILES string of the molecule is CCN(CC(=O)NC)C(=O)c1ccc(C#CCO)c(Cl)c1. The molecule has 112 valence electrons. The summed E-state index contributed by atoms with van der Waals surface area (Å²) in [6.45, 7) is 1.95. The number of hydrogen-bond acceptors (Lipinski definition) is 3. The highest BCUT2D eigenvalue weighted by Crippen LogP contribution is 2.18. The summed E-state index contributed by atoms with van der Waals surface area (Å²) in [5.41, 5.74) is 0.928. The molecule has 0 unspecified atom stereocenters. The van der Waals surface area contributed by atoms with Crippen molar-refractivity contribution in [2.24, 2.45) is 0 Å². The molecule has 0 fully saturated rings. The van der Waals surface area contributed by atoms with Gasteiger partial charge in [-0.15, -0.1) is 0 Å².